The maximum atomic E-state index is 12.5. The van der Waals surface area contributed by atoms with Gasteiger partial charge in [-0.25, -0.2) is 0 Å². The summed E-state index contributed by atoms with van der Waals surface area (Å²) in [6, 6.07) is 0. The molecule has 122 valence electrons. The second-order valence-corrected chi connectivity index (χ2v) is 6.95. The Morgan fingerprint density at radius 3 is 2.74 bits per heavy atom. The van der Waals surface area contributed by atoms with Gasteiger partial charge in [0, 0.05) is 36.8 Å². The fourth-order valence-electron chi connectivity index (χ4n) is 2.87. The summed E-state index contributed by atoms with van der Waals surface area (Å²) >= 11 is 1.42. The molecule has 7 nitrogen and oxygen atoms in total. The van der Waals surface area contributed by atoms with Crippen LogP contribution in [0.5, 0.6) is 0 Å². The van der Waals surface area contributed by atoms with Gasteiger partial charge in [-0.1, -0.05) is 0 Å². The Morgan fingerprint density at radius 1 is 1.39 bits per heavy atom. The zero-order valence-electron chi connectivity index (χ0n) is 13.3. The van der Waals surface area contributed by atoms with Crippen LogP contribution in [0.4, 0.5) is 5.00 Å². The van der Waals surface area contributed by atoms with Crippen LogP contribution in [0.15, 0.2) is 6.20 Å². The molecule has 0 saturated heterocycles. The van der Waals surface area contributed by atoms with E-state index in [4.69, 9.17) is 5.73 Å². The van der Waals surface area contributed by atoms with Crippen LogP contribution in [-0.2, 0) is 20.0 Å². The van der Waals surface area contributed by atoms with Crippen molar-refractivity contribution in [3.8, 4) is 0 Å². The predicted molar refractivity (Wildman–Crippen MR) is 88.8 cm³/mol. The maximum Gasteiger partial charge on any atom is 0.277 e. The minimum absolute atomic E-state index is 0.322. The van der Waals surface area contributed by atoms with Crippen molar-refractivity contribution >= 4 is 28.2 Å². The average molecular weight is 333 g/mol. The summed E-state index contributed by atoms with van der Waals surface area (Å²) in [7, 11) is 3.79. The Bertz CT molecular complexity index is 792. The number of thiophene rings is 1. The van der Waals surface area contributed by atoms with Gasteiger partial charge in [0.15, 0.2) is 5.69 Å². The van der Waals surface area contributed by atoms with E-state index in [0.717, 1.165) is 35.5 Å². The third-order valence-electron chi connectivity index (χ3n) is 3.95. The number of aryl methyl sites for hydroxylation is 2. The van der Waals surface area contributed by atoms with Crippen molar-refractivity contribution in [2.75, 3.05) is 18.9 Å². The lowest BCUT2D eigenvalue weighted by Crippen LogP contribution is -2.27. The largest absolute Gasteiger partial charge is 0.365 e. The molecule has 2 aromatic rings. The van der Waals surface area contributed by atoms with E-state index in [1.165, 1.54) is 11.3 Å². The summed E-state index contributed by atoms with van der Waals surface area (Å²) in [6.45, 7) is 3.46. The second-order valence-electron chi connectivity index (χ2n) is 5.85. The highest BCUT2D eigenvalue weighted by Gasteiger charge is 2.27. The number of anilines is 1. The Labute approximate surface area is 138 Å². The molecule has 0 aliphatic carbocycles. The van der Waals surface area contributed by atoms with Gasteiger partial charge in [-0.05, 0) is 26.0 Å². The number of amides is 2. The molecule has 23 heavy (non-hydrogen) atoms. The molecule has 0 saturated carbocycles. The van der Waals surface area contributed by atoms with Crippen LogP contribution in [0.25, 0.3) is 0 Å². The topological polar surface area (TPSA) is 93.2 Å². The first-order valence-corrected chi connectivity index (χ1v) is 8.13. The number of carbonyl (C=O) groups excluding carboxylic acids is 2. The van der Waals surface area contributed by atoms with Crippen molar-refractivity contribution in [3.63, 3.8) is 0 Å². The van der Waals surface area contributed by atoms with E-state index >= 15 is 0 Å². The van der Waals surface area contributed by atoms with Crippen molar-refractivity contribution in [2.24, 2.45) is 12.8 Å². The molecule has 3 N–H and O–H groups in total. The predicted octanol–water partition coefficient (Wildman–Crippen LogP) is 1.13. The van der Waals surface area contributed by atoms with Crippen LogP contribution in [0.1, 0.15) is 36.9 Å². The van der Waals surface area contributed by atoms with Gasteiger partial charge in [0.2, 0.25) is 0 Å². The van der Waals surface area contributed by atoms with Crippen molar-refractivity contribution < 1.29 is 9.59 Å². The molecule has 2 amide bonds. The highest BCUT2D eigenvalue weighted by Crippen LogP contribution is 2.36. The smallest absolute Gasteiger partial charge is 0.277 e. The number of likely N-dealkylation sites (N-methyl/N-ethyl adjacent to an activating group) is 1. The van der Waals surface area contributed by atoms with Crippen LogP contribution in [0.2, 0.25) is 0 Å². The van der Waals surface area contributed by atoms with E-state index in [1.54, 1.807) is 17.9 Å². The van der Waals surface area contributed by atoms with Gasteiger partial charge in [-0.3, -0.25) is 14.3 Å². The van der Waals surface area contributed by atoms with E-state index < -0.39 is 5.91 Å². The SMILES string of the molecule is Cc1cn(C)nc1C(=O)Nc1sc2c(c1C(N)=O)CCN(C)C2. The molecule has 0 aromatic carbocycles. The third kappa shape index (κ3) is 2.87. The molecule has 0 bridgehead atoms. The number of hydrogen-bond donors (Lipinski definition) is 2. The van der Waals surface area contributed by atoms with Gasteiger partial charge >= 0.3 is 0 Å². The fraction of sp³-hybridized carbons (Fsp3) is 0.400. The van der Waals surface area contributed by atoms with Gasteiger partial charge in [-0.2, -0.15) is 5.10 Å². The van der Waals surface area contributed by atoms with Gasteiger partial charge in [-0.15, -0.1) is 11.3 Å². The molecule has 0 atom stereocenters. The van der Waals surface area contributed by atoms with E-state index in [2.05, 4.69) is 15.3 Å². The van der Waals surface area contributed by atoms with E-state index in [1.807, 2.05) is 14.0 Å². The number of nitrogens with one attached hydrogen (secondary N) is 1. The molecule has 1 aliphatic heterocycles. The monoisotopic (exact) mass is 333 g/mol. The Morgan fingerprint density at radius 2 is 2.13 bits per heavy atom. The lowest BCUT2D eigenvalue weighted by atomic mass is 10.0. The highest BCUT2D eigenvalue weighted by molar-refractivity contribution is 7.17. The average Bonchev–Trinajstić information content (AvgIpc) is 2.97. The maximum absolute atomic E-state index is 12.5. The van der Waals surface area contributed by atoms with Crippen LogP contribution in [0.3, 0.4) is 0 Å². The van der Waals surface area contributed by atoms with Crippen LogP contribution < -0.4 is 11.1 Å². The van der Waals surface area contributed by atoms with Gasteiger partial charge in [0.25, 0.3) is 11.8 Å². The van der Waals surface area contributed by atoms with Gasteiger partial charge < -0.3 is 16.0 Å². The van der Waals surface area contributed by atoms with Crippen molar-refractivity contribution in [1.82, 2.24) is 14.7 Å². The van der Waals surface area contributed by atoms with Crippen molar-refractivity contribution in [2.45, 2.75) is 19.9 Å². The lowest BCUT2D eigenvalue weighted by Gasteiger charge is -2.22. The molecule has 0 radical (unpaired) electrons. The lowest BCUT2D eigenvalue weighted by molar-refractivity contribution is 0.1000. The number of rotatable bonds is 3. The highest BCUT2D eigenvalue weighted by atomic mass is 32.1. The van der Waals surface area contributed by atoms with Crippen LogP contribution >= 0.6 is 11.3 Å². The molecule has 3 rings (SSSR count). The number of fused-ring (bicyclic) bond motifs is 1. The third-order valence-corrected chi connectivity index (χ3v) is 5.08. The summed E-state index contributed by atoms with van der Waals surface area (Å²) in [4.78, 5) is 27.6. The minimum atomic E-state index is -0.500. The number of nitrogens with zero attached hydrogens (tertiary/aromatic N) is 3. The number of nitrogens with two attached hydrogens (primary N) is 1. The summed E-state index contributed by atoms with van der Waals surface area (Å²) < 4.78 is 1.59. The summed E-state index contributed by atoms with van der Waals surface area (Å²) in [5, 5.41) is 7.50. The fourth-order valence-corrected chi connectivity index (χ4v) is 4.20. The van der Waals surface area contributed by atoms with E-state index in [0.29, 0.717) is 16.3 Å². The Hall–Kier alpha value is -2.19. The zero-order chi connectivity index (χ0) is 16.7. The summed E-state index contributed by atoms with van der Waals surface area (Å²) in [6.07, 6.45) is 2.54. The van der Waals surface area contributed by atoms with Crippen molar-refractivity contribution in [3.05, 3.63) is 33.5 Å². The first-order chi connectivity index (χ1) is 10.9. The van der Waals surface area contributed by atoms with Gasteiger partial charge in [0.1, 0.15) is 5.00 Å². The van der Waals surface area contributed by atoms with E-state index in [9.17, 15) is 9.59 Å². The van der Waals surface area contributed by atoms with Crippen molar-refractivity contribution in [1.29, 1.82) is 0 Å². The van der Waals surface area contributed by atoms with E-state index in [-0.39, 0.29) is 5.91 Å². The van der Waals surface area contributed by atoms with Crippen LogP contribution in [0, 0.1) is 6.92 Å². The number of primary amides is 1. The molecule has 0 fully saturated rings. The minimum Gasteiger partial charge on any atom is -0.365 e. The molecule has 8 heteroatoms. The summed E-state index contributed by atoms with van der Waals surface area (Å²) in [5.74, 6) is -0.822. The molecule has 1 aliphatic rings. The molecule has 2 aromatic heterocycles. The second kappa shape index (κ2) is 5.78. The standard InChI is InChI=1S/C15H19N5O2S/c1-8-6-20(3)18-12(8)14(22)17-15-11(13(16)21)9-4-5-19(2)7-10(9)23-15/h6H,4-5,7H2,1-3H3,(H2,16,21)(H,17,22). The normalized spacial score (nSPS) is 14.6. The zero-order valence-corrected chi connectivity index (χ0v) is 14.2. The molecular weight excluding hydrogens is 314 g/mol. The molecule has 0 unspecified atom stereocenters. The number of hydrogen-bond acceptors (Lipinski definition) is 5. The Kier molecular flexibility index (Phi) is 3.95. The number of carbonyl (C=O) groups is 2. The molecule has 0 spiro atoms. The van der Waals surface area contributed by atoms with Crippen LogP contribution in [-0.4, -0.2) is 40.1 Å². The molecular formula is C15H19N5O2S. The first-order valence-electron chi connectivity index (χ1n) is 7.31. The van der Waals surface area contributed by atoms with Gasteiger partial charge in [0.05, 0.1) is 5.56 Å². The first kappa shape index (κ1) is 15.7. The Balaban J connectivity index is 1.95. The molecule has 3 heterocycles. The summed E-state index contributed by atoms with van der Waals surface area (Å²) in [5.41, 5.74) is 8.10. The quantitative estimate of drug-likeness (QED) is 0.880. The number of aromatic nitrogens is 2.